The molecule has 0 aromatic heterocycles. The Hall–Kier alpha value is -1.84. The molecule has 1 N–H and O–H groups in total. The zero-order valence-electron chi connectivity index (χ0n) is 20.8. The zero-order chi connectivity index (χ0) is 27.4. The summed E-state index contributed by atoms with van der Waals surface area (Å²) in [4.78, 5) is 13.5. The van der Waals surface area contributed by atoms with Gasteiger partial charge in [0.1, 0.15) is 5.60 Å². The summed E-state index contributed by atoms with van der Waals surface area (Å²) in [6.45, 7) is 3.65. The number of hydrogen-bond donors (Lipinski definition) is 1. The lowest BCUT2D eigenvalue weighted by Gasteiger charge is -2.62. The van der Waals surface area contributed by atoms with Crippen molar-refractivity contribution in [1.82, 2.24) is 0 Å². The molecule has 0 heterocycles. The molecule has 208 valence electrons. The fourth-order valence-electron chi connectivity index (χ4n) is 7.35. The van der Waals surface area contributed by atoms with Crippen LogP contribution in [0.4, 0.5) is 30.7 Å². The van der Waals surface area contributed by atoms with Crippen molar-refractivity contribution in [2.24, 2.45) is 29.6 Å². The Bertz CT molecular complexity index is 948. The average Bonchev–Trinajstić information content (AvgIpc) is 2.79. The molecule has 4 bridgehead atoms. The van der Waals surface area contributed by atoms with Crippen LogP contribution in [-0.2, 0) is 16.0 Å². The van der Waals surface area contributed by atoms with Gasteiger partial charge in [-0.1, -0.05) is 44.2 Å². The van der Waals surface area contributed by atoms with E-state index in [1.54, 1.807) is 30.3 Å². The van der Waals surface area contributed by atoms with Gasteiger partial charge in [0.2, 0.25) is 0 Å². The molecule has 1 aromatic rings. The number of carbonyl (C=O) groups excluding carboxylic acids is 1. The predicted octanol–water partition coefficient (Wildman–Crippen LogP) is 6.97. The van der Waals surface area contributed by atoms with Gasteiger partial charge in [0, 0.05) is 0 Å². The topological polar surface area (TPSA) is 46.5 Å². The third-order valence-corrected chi connectivity index (χ3v) is 8.97. The molecule has 4 saturated carbocycles. The number of carbonyl (C=O) groups is 1. The van der Waals surface area contributed by atoms with E-state index in [1.807, 2.05) is 13.8 Å². The number of aryl methyl sites for hydroxylation is 1. The maximum Gasteiger partial charge on any atom is 0.459 e. The molecule has 5 rings (SSSR count). The molecule has 10 heteroatoms. The van der Waals surface area contributed by atoms with Gasteiger partial charge in [-0.25, -0.2) is 4.79 Å². The summed E-state index contributed by atoms with van der Waals surface area (Å²) in [6.07, 6.45) is -5.83. The van der Waals surface area contributed by atoms with E-state index >= 15 is 0 Å². The fourth-order valence-corrected chi connectivity index (χ4v) is 7.35. The Morgan fingerprint density at radius 1 is 0.946 bits per heavy atom. The number of aliphatic hydroxyl groups is 1. The second-order valence-corrected chi connectivity index (χ2v) is 11.7. The molecule has 0 amide bonds. The number of rotatable bonds is 9. The number of halogens is 7. The van der Waals surface area contributed by atoms with E-state index in [1.165, 1.54) is 0 Å². The third-order valence-electron chi connectivity index (χ3n) is 8.97. The molecular weight excluding hydrogens is 505 g/mol. The molecular formula is C27H33F7O3. The van der Waals surface area contributed by atoms with Crippen molar-refractivity contribution in [2.45, 2.75) is 94.4 Å². The molecule has 4 aliphatic rings. The third kappa shape index (κ3) is 4.87. The van der Waals surface area contributed by atoms with E-state index in [9.17, 15) is 40.6 Å². The highest BCUT2D eigenvalue weighted by Gasteiger charge is 2.74. The van der Waals surface area contributed by atoms with E-state index in [0.717, 1.165) is 32.1 Å². The van der Waals surface area contributed by atoms with Gasteiger partial charge in [-0.05, 0) is 80.1 Å². The van der Waals surface area contributed by atoms with E-state index in [-0.39, 0.29) is 24.2 Å². The summed E-state index contributed by atoms with van der Waals surface area (Å²) < 4.78 is 101. The van der Waals surface area contributed by atoms with Crippen molar-refractivity contribution >= 4 is 5.97 Å². The minimum Gasteiger partial charge on any atom is -0.456 e. The van der Waals surface area contributed by atoms with Gasteiger partial charge >= 0.3 is 24.0 Å². The number of benzene rings is 1. The quantitative estimate of drug-likeness (QED) is 0.273. The average molecular weight is 539 g/mol. The highest BCUT2D eigenvalue weighted by molar-refractivity contribution is 5.80. The summed E-state index contributed by atoms with van der Waals surface area (Å²) in [6, 6.07) is 8.03. The molecule has 37 heavy (non-hydrogen) atoms. The highest BCUT2D eigenvalue weighted by atomic mass is 19.4. The Morgan fingerprint density at radius 2 is 1.46 bits per heavy atom. The van der Waals surface area contributed by atoms with Gasteiger partial charge < -0.3 is 9.84 Å². The maximum absolute atomic E-state index is 14.6. The van der Waals surface area contributed by atoms with Crippen molar-refractivity contribution < 1.29 is 45.4 Å². The lowest BCUT2D eigenvalue weighted by atomic mass is 9.47. The first-order valence-electron chi connectivity index (χ1n) is 12.8. The second-order valence-electron chi connectivity index (χ2n) is 11.7. The van der Waals surface area contributed by atoms with Gasteiger partial charge in [0.15, 0.2) is 5.60 Å². The molecule has 4 aliphatic carbocycles. The minimum atomic E-state index is -6.57. The van der Waals surface area contributed by atoms with Crippen LogP contribution in [0.5, 0.6) is 0 Å². The first-order chi connectivity index (χ1) is 17.0. The van der Waals surface area contributed by atoms with E-state index in [2.05, 4.69) is 0 Å². The number of hydrogen-bond acceptors (Lipinski definition) is 3. The normalized spacial score (nSPS) is 31.4. The maximum atomic E-state index is 14.6. The first-order valence-corrected chi connectivity index (χ1v) is 12.8. The summed E-state index contributed by atoms with van der Waals surface area (Å²) in [5, 5.41) is 11.2. The molecule has 1 aromatic carbocycles. The van der Waals surface area contributed by atoms with Crippen LogP contribution in [0.2, 0.25) is 0 Å². The van der Waals surface area contributed by atoms with Crippen LogP contribution in [0.3, 0.4) is 0 Å². The van der Waals surface area contributed by atoms with Crippen LogP contribution in [0.15, 0.2) is 30.3 Å². The monoisotopic (exact) mass is 538 g/mol. The van der Waals surface area contributed by atoms with Gasteiger partial charge in [-0.15, -0.1) is 0 Å². The molecule has 0 saturated heterocycles. The van der Waals surface area contributed by atoms with Gasteiger partial charge in [-0.3, -0.25) is 0 Å². The molecule has 0 aliphatic heterocycles. The van der Waals surface area contributed by atoms with Crippen LogP contribution in [-0.4, -0.2) is 40.3 Å². The van der Waals surface area contributed by atoms with Crippen molar-refractivity contribution in [2.75, 3.05) is 0 Å². The Morgan fingerprint density at radius 3 is 1.92 bits per heavy atom. The Kier molecular flexibility index (Phi) is 7.17. The summed E-state index contributed by atoms with van der Waals surface area (Å²) in [5.41, 5.74) is -3.86. The van der Waals surface area contributed by atoms with Gasteiger partial charge in [0.05, 0.1) is 6.42 Å². The highest BCUT2D eigenvalue weighted by Crippen LogP contribution is 2.62. The van der Waals surface area contributed by atoms with Gasteiger partial charge in [-0.2, -0.15) is 30.7 Å². The van der Waals surface area contributed by atoms with E-state index in [0.29, 0.717) is 17.4 Å². The second kappa shape index (κ2) is 9.42. The summed E-state index contributed by atoms with van der Waals surface area (Å²) in [5.74, 6) is -13.3. The molecule has 3 nitrogen and oxygen atoms in total. The van der Waals surface area contributed by atoms with Crippen molar-refractivity contribution in [3.8, 4) is 0 Å². The lowest BCUT2D eigenvalue weighted by Crippen LogP contribution is -2.64. The predicted molar refractivity (Wildman–Crippen MR) is 121 cm³/mol. The lowest BCUT2D eigenvalue weighted by molar-refractivity contribution is -0.361. The Balaban J connectivity index is 1.66. The summed E-state index contributed by atoms with van der Waals surface area (Å²) in [7, 11) is 0. The van der Waals surface area contributed by atoms with E-state index in [4.69, 9.17) is 4.74 Å². The number of alkyl halides is 7. The fraction of sp³-hybridized carbons (Fsp3) is 0.741. The van der Waals surface area contributed by atoms with Gasteiger partial charge in [0.25, 0.3) is 0 Å². The molecule has 0 spiro atoms. The van der Waals surface area contributed by atoms with Crippen LogP contribution >= 0.6 is 0 Å². The van der Waals surface area contributed by atoms with Crippen LogP contribution in [0, 0.1) is 29.6 Å². The molecule has 4 fully saturated rings. The van der Waals surface area contributed by atoms with Crippen LogP contribution in [0.1, 0.15) is 64.4 Å². The number of esters is 1. The smallest absolute Gasteiger partial charge is 0.456 e. The molecule has 1 atom stereocenters. The van der Waals surface area contributed by atoms with Crippen LogP contribution in [0.25, 0.3) is 0 Å². The first kappa shape index (κ1) is 28.2. The summed E-state index contributed by atoms with van der Waals surface area (Å²) >= 11 is 0. The number of ether oxygens (including phenoxy) is 1. The van der Waals surface area contributed by atoms with Crippen molar-refractivity contribution in [1.29, 1.82) is 0 Å². The molecule has 1 unspecified atom stereocenters. The SMILES string of the molecule is CC(C)C1(OC(=O)C(O)(CCc2ccccc2)CC(F)(F)C(F)(F)C(F)(F)F)C2CC3CC(C2)CC1C3. The molecule has 0 radical (unpaired) electrons. The van der Waals surface area contributed by atoms with Crippen molar-refractivity contribution in [3.63, 3.8) is 0 Å². The Labute approximate surface area is 211 Å². The largest absolute Gasteiger partial charge is 0.459 e. The van der Waals surface area contributed by atoms with Crippen LogP contribution < -0.4 is 0 Å². The zero-order valence-corrected chi connectivity index (χ0v) is 20.8. The van der Waals surface area contributed by atoms with E-state index < -0.39 is 48.0 Å². The standard InChI is InChI=1S/C27H33F7O3/c1-16(2)25(20-11-18-10-19(13-20)14-21(25)12-18)37-22(35)23(36,9-8-17-6-4-3-5-7-17)15-24(28,29)26(30,31)27(32,33)34/h3-7,16,18-21,36H,8-15H2,1-2H3. The van der Waals surface area contributed by atoms with Crippen molar-refractivity contribution in [3.05, 3.63) is 35.9 Å². The minimum absolute atomic E-state index is 0.0804.